The summed E-state index contributed by atoms with van der Waals surface area (Å²) in [5.74, 6) is 1.15. The van der Waals surface area contributed by atoms with Crippen molar-refractivity contribution in [3.63, 3.8) is 0 Å². The zero-order valence-electron chi connectivity index (χ0n) is 9.56. The summed E-state index contributed by atoms with van der Waals surface area (Å²) in [6.45, 7) is 7.10. The van der Waals surface area contributed by atoms with E-state index < -0.39 is 0 Å². The van der Waals surface area contributed by atoms with Gasteiger partial charge in [0.2, 0.25) is 0 Å². The van der Waals surface area contributed by atoms with E-state index in [0.29, 0.717) is 11.8 Å². The molecule has 1 aromatic heterocycles. The molecule has 15 heavy (non-hydrogen) atoms. The van der Waals surface area contributed by atoms with Crippen LogP contribution in [0.5, 0.6) is 0 Å². The molecule has 0 N–H and O–H groups in total. The van der Waals surface area contributed by atoms with Crippen molar-refractivity contribution < 1.29 is 0 Å². The van der Waals surface area contributed by atoms with Crippen molar-refractivity contribution in [1.29, 1.82) is 0 Å². The molecule has 0 fully saturated rings. The average molecular weight is 249 g/mol. The molecule has 0 atom stereocenters. The number of hydrogen-bond acceptors (Lipinski definition) is 1. The molecule has 0 saturated heterocycles. The quantitative estimate of drug-likeness (QED) is 0.732. The van der Waals surface area contributed by atoms with Crippen molar-refractivity contribution in [2.75, 3.05) is 11.8 Å². The van der Waals surface area contributed by atoms with E-state index in [1.54, 1.807) is 0 Å². The Balaban J connectivity index is 2.87. The van der Waals surface area contributed by atoms with Crippen LogP contribution >= 0.6 is 23.2 Å². The fourth-order valence-corrected chi connectivity index (χ4v) is 2.06. The molecule has 0 aliphatic rings. The molecule has 0 aliphatic heterocycles. The fraction of sp³-hybridized carbons (Fsp3) is 0.727. The summed E-state index contributed by atoms with van der Waals surface area (Å²) >= 11 is 11.9. The summed E-state index contributed by atoms with van der Waals surface area (Å²) in [5.41, 5.74) is 2.24. The van der Waals surface area contributed by atoms with Gasteiger partial charge in [0.25, 0.3) is 0 Å². The maximum Gasteiger partial charge on any atom is 0.0596 e. The Morgan fingerprint density at radius 1 is 1.40 bits per heavy atom. The van der Waals surface area contributed by atoms with Crippen LogP contribution in [0.3, 0.4) is 0 Å². The number of aryl methyl sites for hydroxylation is 2. The van der Waals surface area contributed by atoms with Crippen molar-refractivity contribution in [1.82, 2.24) is 9.78 Å². The highest BCUT2D eigenvalue weighted by molar-refractivity contribution is 6.21. The third-order valence-electron chi connectivity index (χ3n) is 2.54. The van der Waals surface area contributed by atoms with Crippen LogP contribution in [0.25, 0.3) is 0 Å². The standard InChI is InChI=1S/C11H18Cl2N2/c1-4-15-10(5-9(2)14-15)6-11(3,7-12)8-13/h5H,4,6-8H2,1-3H3. The van der Waals surface area contributed by atoms with E-state index in [2.05, 4.69) is 25.0 Å². The van der Waals surface area contributed by atoms with Crippen LogP contribution in [0.15, 0.2) is 6.07 Å². The number of alkyl halides is 2. The lowest BCUT2D eigenvalue weighted by atomic mass is 9.90. The maximum absolute atomic E-state index is 5.95. The van der Waals surface area contributed by atoms with Gasteiger partial charge < -0.3 is 0 Å². The third-order valence-corrected chi connectivity index (χ3v) is 3.83. The molecule has 0 aromatic carbocycles. The van der Waals surface area contributed by atoms with Crippen LogP contribution in [-0.4, -0.2) is 21.5 Å². The van der Waals surface area contributed by atoms with Gasteiger partial charge in [-0.15, -0.1) is 23.2 Å². The summed E-state index contributed by atoms with van der Waals surface area (Å²) in [5, 5.41) is 4.41. The van der Waals surface area contributed by atoms with Gasteiger partial charge in [0.1, 0.15) is 0 Å². The molecule has 0 radical (unpaired) electrons. The van der Waals surface area contributed by atoms with Crippen LogP contribution in [0.4, 0.5) is 0 Å². The van der Waals surface area contributed by atoms with Gasteiger partial charge in [0.05, 0.1) is 5.69 Å². The van der Waals surface area contributed by atoms with Gasteiger partial charge in [-0.1, -0.05) is 6.92 Å². The van der Waals surface area contributed by atoms with E-state index in [9.17, 15) is 0 Å². The van der Waals surface area contributed by atoms with Crippen molar-refractivity contribution in [2.45, 2.75) is 33.7 Å². The van der Waals surface area contributed by atoms with E-state index in [0.717, 1.165) is 18.7 Å². The van der Waals surface area contributed by atoms with Crippen molar-refractivity contribution in [2.24, 2.45) is 5.41 Å². The topological polar surface area (TPSA) is 17.8 Å². The minimum absolute atomic E-state index is 0.0392. The number of hydrogen-bond donors (Lipinski definition) is 0. The van der Waals surface area contributed by atoms with Gasteiger partial charge in [-0.3, -0.25) is 4.68 Å². The largest absolute Gasteiger partial charge is 0.270 e. The van der Waals surface area contributed by atoms with Crippen LogP contribution in [0.2, 0.25) is 0 Å². The Bertz CT molecular complexity index is 316. The molecule has 0 amide bonds. The van der Waals surface area contributed by atoms with E-state index >= 15 is 0 Å². The number of nitrogens with zero attached hydrogens (tertiary/aromatic N) is 2. The second kappa shape index (κ2) is 5.22. The number of rotatable bonds is 5. The first-order valence-electron chi connectivity index (χ1n) is 5.20. The normalized spacial score (nSPS) is 12.1. The number of aromatic nitrogens is 2. The highest BCUT2D eigenvalue weighted by Gasteiger charge is 2.24. The first-order chi connectivity index (χ1) is 7.04. The Morgan fingerprint density at radius 2 is 2.00 bits per heavy atom. The Labute approximate surface area is 102 Å². The molecule has 2 nitrogen and oxygen atoms in total. The van der Waals surface area contributed by atoms with E-state index in [-0.39, 0.29) is 5.41 Å². The molecule has 0 spiro atoms. The molecule has 1 aromatic rings. The van der Waals surface area contributed by atoms with E-state index in [1.165, 1.54) is 5.69 Å². The predicted octanol–water partition coefficient (Wildman–Crippen LogP) is 3.24. The Hall–Kier alpha value is -0.210. The maximum atomic E-state index is 5.95. The third kappa shape index (κ3) is 3.12. The van der Waals surface area contributed by atoms with Gasteiger partial charge in [0, 0.05) is 29.4 Å². The molecule has 0 saturated carbocycles. The molecule has 0 unspecified atom stereocenters. The molecular formula is C11H18Cl2N2. The molecule has 4 heteroatoms. The first-order valence-corrected chi connectivity index (χ1v) is 6.27. The molecule has 1 rings (SSSR count). The van der Waals surface area contributed by atoms with Crippen LogP contribution in [-0.2, 0) is 13.0 Å². The minimum atomic E-state index is -0.0392. The Morgan fingerprint density at radius 3 is 2.47 bits per heavy atom. The summed E-state index contributed by atoms with van der Waals surface area (Å²) < 4.78 is 2.02. The highest BCUT2D eigenvalue weighted by atomic mass is 35.5. The predicted molar refractivity (Wildman–Crippen MR) is 65.9 cm³/mol. The van der Waals surface area contributed by atoms with Crippen molar-refractivity contribution >= 4 is 23.2 Å². The van der Waals surface area contributed by atoms with Crippen LogP contribution < -0.4 is 0 Å². The smallest absolute Gasteiger partial charge is 0.0596 e. The van der Waals surface area contributed by atoms with E-state index in [4.69, 9.17) is 23.2 Å². The molecule has 0 bridgehead atoms. The monoisotopic (exact) mass is 248 g/mol. The van der Waals surface area contributed by atoms with Crippen molar-refractivity contribution in [3.05, 3.63) is 17.5 Å². The summed E-state index contributed by atoms with van der Waals surface area (Å²) in [7, 11) is 0. The lowest BCUT2D eigenvalue weighted by Crippen LogP contribution is -2.25. The lowest BCUT2D eigenvalue weighted by Gasteiger charge is -2.24. The molecule has 0 aliphatic carbocycles. The van der Waals surface area contributed by atoms with Crippen molar-refractivity contribution in [3.8, 4) is 0 Å². The molecule has 86 valence electrons. The molecule has 1 heterocycles. The molecular weight excluding hydrogens is 231 g/mol. The van der Waals surface area contributed by atoms with Gasteiger partial charge in [0.15, 0.2) is 0 Å². The SMILES string of the molecule is CCn1nc(C)cc1CC(C)(CCl)CCl. The van der Waals surface area contributed by atoms with Gasteiger partial charge in [-0.2, -0.15) is 5.10 Å². The first kappa shape index (κ1) is 12.9. The second-order valence-electron chi connectivity index (χ2n) is 4.35. The van der Waals surface area contributed by atoms with Gasteiger partial charge in [-0.25, -0.2) is 0 Å². The van der Waals surface area contributed by atoms with E-state index in [1.807, 2.05) is 11.6 Å². The number of halogens is 2. The fourth-order valence-electron chi connectivity index (χ4n) is 1.58. The van der Waals surface area contributed by atoms with Gasteiger partial charge in [-0.05, 0) is 26.3 Å². The average Bonchev–Trinajstić information content (AvgIpc) is 2.58. The minimum Gasteiger partial charge on any atom is -0.270 e. The highest BCUT2D eigenvalue weighted by Crippen LogP contribution is 2.26. The van der Waals surface area contributed by atoms with Crippen LogP contribution in [0.1, 0.15) is 25.2 Å². The summed E-state index contributed by atoms with van der Waals surface area (Å²) in [4.78, 5) is 0. The summed E-state index contributed by atoms with van der Waals surface area (Å²) in [6, 6.07) is 2.11. The van der Waals surface area contributed by atoms with Gasteiger partial charge >= 0.3 is 0 Å². The second-order valence-corrected chi connectivity index (χ2v) is 4.88. The summed E-state index contributed by atoms with van der Waals surface area (Å²) in [6.07, 6.45) is 0.884. The lowest BCUT2D eigenvalue weighted by molar-refractivity contribution is 0.406. The Kier molecular flexibility index (Phi) is 4.47. The zero-order valence-corrected chi connectivity index (χ0v) is 11.1. The zero-order chi connectivity index (χ0) is 11.5. The van der Waals surface area contributed by atoms with Crippen LogP contribution in [0, 0.1) is 12.3 Å².